The Morgan fingerprint density at radius 3 is 2.07 bits per heavy atom. The Bertz CT molecular complexity index is 385. The summed E-state index contributed by atoms with van der Waals surface area (Å²) in [6.45, 7) is 12.0. The SMILES string of the molecule is CC.CC.Cc1cc2cccc(C)c2o1. The molecule has 0 radical (unpaired) electrons. The Balaban J connectivity index is 0.000000442. The van der Waals surface area contributed by atoms with E-state index in [0.717, 1.165) is 11.3 Å². The maximum absolute atomic E-state index is 5.50. The molecule has 1 heterocycles. The van der Waals surface area contributed by atoms with Gasteiger partial charge in [0.25, 0.3) is 0 Å². The second-order valence-corrected chi connectivity index (χ2v) is 2.85. The van der Waals surface area contributed by atoms with Gasteiger partial charge in [0, 0.05) is 5.39 Å². The summed E-state index contributed by atoms with van der Waals surface area (Å²) >= 11 is 0. The van der Waals surface area contributed by atoms with Crippen LogP contribution in [0.3, 0.4) is 0 Å². The van der Waals surface area contributed by atoms with E-state index in [1.807, 2.05) is 40.7 Å². The summed E-state index contributed by atoms with van der Waals surface area (Å²) in [6.07, 6.45) is 0. The zero-order valence-corrected chi connectivity index (χ0v) is 10.7. The zero-order valence-electron chi connectivity index (χ0n) is 10.7. The van der Waals surface area contributed by atoms with Crippen LogP contribution < -0.4 is 0 Å². The van der Waals surface area contributed by atoms with E-state index in [9.17, 15) is 0 Å². The number of para-hydroxylation sites is 1. The van der Waals surface area contributed by atoms with Gasteiger partial charge in [-0.05, 0) is 25.5 Å². The number of hydrogen-bond donors (Lipinski definition) is 0. The summed E-state index contributed by atoms with van der Waals surface area (Å²) < 4.78 is 5.50. The van der Waals surface area contributed by atoms with Gasteiger partial charge in [0.05, 0.1) is 0 Å². The third-order valence-electron chi connectivity index (χ3n) is 1.86. The molecule has 0 saturated carbocycles. The lowest BCUT2D eigenvalue weighted by atomic mass is 10.2. The molecule has 1 nitrogen and oxygen atoms in total. The van der Waals surface area contributed by atoms with E-state index in [-0.39, 0.29) is 0 Å². The predicted molar refractivity (Wildman–Crippen MR) is 68.4 cm³/mol. The van der Waals surface area contributed by atoms with E-state index >= 15 is 0 Å². The minimum atomic E-state index is 0.981. The summed E-state index contributed by atoms with van der Waals surface area (Å²) in [7, 11) is 0. The number of rotatable bonds is 0. The predicted octanol–water partition coefficient (Wildman–Crippen LogP) is 5.10. The van der Waals surface area contributed by atoms with Gasteiger partial charge in [-0.15, -0.1) is 0 Å². The van der Waals surface area contributed by atoms with Crippen molar-refractivity contribution in [3.05, 3.63) is 35.6 Å². The molecule has 0 amide bonds. The highest BCUT2D eigenvalue weighted by atomic mass is 16.3. The summed E-state index contributed by atoms with van der Waals surface area (Å²) in [5.41, 5.74) is 2.22. The van der Waals surface area contributed by atoms with Crippen LogP contribution in [-0.4, -0.2) is 0 Å². The first-order valence-corrected chi connectivity index (χ1v) is 5.73. The average Bonchev–Trinajstić information content (AvgIpc) is 2.66. The van der Waals surface area contributed by atoms with Crippen LogP contribution in [0.5, 0.6) is 0 Å². The van der Waals surface area contributed by atoms with Crippen LogP contribution in [0.4, 0.5) is 0 Å². The van der Waals surface area contributed by atoms with Gasteiger partial charge >= 0.3 is 0 Å². The van der Waals surface area contributed by atoms with Crippen molar-refractivity contribution in [2.45, 2.75) is 41.5 Å². The molecule has 0 bridgehead atoms. The number of fused-ring (bicyclic) bond motifs is 1. The molecule has 0 spiro atoms. The van der Waals surface area contributed by atoms with Crippen molar-refractivity contribution < 1.29 is 4.42 Å². The van der Waals surface area contributed by atoms with Gasteiger partial charge in [-0.3, -0.25) is 0 Å². The highest BCUT2D eigenvalue weighted by Gasteiger charge is 2.00. The lowest BCUT2D eigenvalue weighted by Crippen LogP contribution is -1.69. The monoisotopic (exact) mass is 206 g/mol. The first-order chi connectivity index (χ1) is 7.27. The van der Waals surface area contributed by atoms with Gasteiger partial charge in [0.1, 0.15) is 11.3 Å². The molecule has 1 aromatic carbocycles. The highest BCUT2D eigenvalue weighted by Crippen LogP contribution is 2.21. The fourth-order valence-corrected chi connectivity index (χ4v) is 1.34. The smallest absolute Gasteiger partial charge is 0.137 e. The highest BCUT2D eigenvalue weighted by molar-refractivity contribution is 5.80. The van der Waals surface area contributed by atoms with Gasteiger partial charge < -0.3 is 4.42 Å². The van der Waals surface area contributed by atoms with E-state index in [1.54, 1.807) is 0 Å². The van der Waals surface area contributed by atoms with Gasteiger partial charge in [0.15, 0.2) is 0 Å². The third-order valence-corrected chi connectivity index (χ3v) is 1.86. The van der Waals surface area contributed by atoms with Crippen LogP contribution in [0.15, 0.2) is 28.7 Å². The molecule has 1 aromatic heterocycles. The Morgan fingerprint density at radius 1 is 0.933 bits per heavy atom. The number of furan rings is 1. The van der Waals surface area contributed by atoms with Crippen LogP contribution >= 0.6 is 0 Å². The fourth-order valence-electron chi connectivity index (χ4n) is 1.34. The third kappa shape index (κ3) is 3.43. The number of aryl methyl sites for hydroxylation is 2. The van der Waals surface area contributed by atoms with Gasteiger partial charge in [-0.2, -0.15) is 0 Å². The molecular weight excluding hydrogens is 184 g/mol. The second-order valence-electron chi connectivity index (χ2n) is 2.85. The molecular formula is C14H22O. The number of benzene rings is 1. The Kier molecular flexibility index (Phi) is 6.52. The van der Waals surface area contributed by atoms with Crippen LogP contribution in [-0.2, 0) is 0 Å². The van der Waals surface area contributed by atoms with Crippen molar-refractivity contribution in [2.24, 2.45) is 0 Å². The molecule has 0 unspecified atom stereocenters. The molecule has 0 aliphatic carbocycles. The molecule has 1 heteroatoms. The lowest BCUT2D eigenvalue weighted by Gasteiger charge is -1.90. The van der Waals surface area contributed by atoms with Crippen molar-refractivity contribution in [2.75, 3.05) is 0 Å². The average molecular weight is 206 g/mol. The molecule has 84 valence electrons. The lowest BCUT2D eigenvalue weighted by molar-refractivity contribution is 0.576. The fraction of sp³-hybridized carbons (Fsp3) is 0.429. The first kappa shape index (κ1) is 13.8. The van der Waals surface area contributed by atoms with E-state index in [4.69, 9.17) is 4.42 Å². The quantitative estimate of drug-likeness (QED) is 0.584. The zero-order chi connectivity index (χ0) is 11.8. The van der Waals surface area contributed by atoms with Gasteiger partial charge in [-0.1, -0.05) is 45.9 Å². The van der Waals surface area contributed by atoms with Crippen molar-refractivity contribution in [3.8, 4) is 0 Å². The topological polar surface area (TPSA) is 13.1 Å². The van der Waals surface area contributed by atoms with E-state index in [1.165, 1.54) is 10.9 Å². The van der Waals surface area contributed by atoms with Crippen LogP contribution in [0, 0.1) is 13.8 Å². The van der Waals surface area contributed by atoms with Crippen molar-refractivity contribution in [3.63, 3.8) is 0 Å². The standard InChI is InChI=1S/C10H10O.2C2H6/c1-7-4-3-5-9-6-8(2)11-10(7)9;2*1-2/h3-6H,1-2H3;2*1-2H3. The summed E-state index contributed by atoms with van der Waals surface area (Å²) in [4.78, 5) is 0. The van der Waals surface area contributed by atoms with Crippen LogP contribution in [0.1, 0.15) is 39.0 Å². The molecule has 0 saturated heterocycles. The Morgan fingerprint density at radius 2 is 1.53 bits per heavy atom. The van der Waals surface area contributed by atoms with Crippen molar-refractivity contribution in [1.82, 2.24) is 0 Å². The number of hydrogen-bond acceptors (Lipinski definition) is 1. The van der Waals surface area contributed by atoms with Gasteiger partial charge in [0.2, 0.25) is 0 Å². The molecule has 0 aliphatic heterocycles. The molecule has 0 N–H and O–H groups in total. The molecule has 15 heavy (non-hydrogen) atoms. The van der Waals surface area contributed by atoms with Gasteiger partial charge in [-0.25, -0.2) is 0 Å². The van der Waals surface area contributed by atoms with E-state index in [0.29, 0.717) is 0 Å². The molecule has 0 aliphatic rings. The molecule has 0 atom stereocenters. The van der Waals surface area contributed by atoms with Crippen LogP contribution in [0.2, 0.25) is 0 Å². The first-order valence-electron chi connectivity index (χ1n) is 5.73. The Labute approximate surface area is 93.1 Å². The van der Waals surface area contributed by atoms with E-state index < -0.39 is 0 Å². The van der Waals surface area contributed by atoms with Crippen molar-refractivity contribution >= 4 is 11.0 Å². The van der Waals surface area contributed by atoms with Crippen LogP contribution in [0.25, 0.3) is 11.0 Å². The molecule has 0 fully saturated rings. The normalized spacial score (nSPS) is 8.67. The maximum Gasteiger partial charge on any atom is 0.137 e. The maximum atomic E-state index is 5.50. The molecule has 2 rings (SSSR count). The summed E-state index contributed by atoms with van der Waals surface area (Å²) in [5, 5.41) is 1.20. The second kappa shape index (κ2) is 7.10. The minimum absolute atomic E-state index is 0.981. The summed E-state index contributed by atoms with van der Waals surface area (Å²) in [5.74, 6) is 0.981. The minimum Gasteiger partial charge on any atom is -0.461 e. The largest absolute Gasteiger partial charge is 0.461 e. The van der Waals surface area contributed by atoms with Crippen molar-refractivity contribution in [1.29, 1.82) is 0 Å². The molecule has 2 aromatic rings. The van der Waals surface area contributed by atoms with E-state index in [2.05, 4.69) is 25.1 Å². The summed E-state index contributed by atoms with van der Waals surface area (Å²) in [6, 6.07) is 8.24. The Hall–Kier alpha value is -1.24.